The Morgan fingerprint density at radius 1 is 0.759 bits per heavy atom. The fourth-order valence-corrected chi connectivity index (χ4v) is 5.63. The fraction of sp³-hybridized carbons (Fsp3) is 0.0526. The normalized spacial score (nSPS) is 13.8. The lowest BCUT2D eigenvalue weighted by Crippen LogP contribution is -2.39. The maximum atomic E-state index is 13.0. The van der Waals surface area contributed by atoms with Crippen molar-refractivity contribution in [3.63, 3.8) is 0 Å². The maximum Gasteiger partial charge on any atom is 0.283 e. The molecule has 10 heteroatoms. The lowest BCUT2D eigenvalue weighted by molar-refractivity contribution is 0.456. The molecule has 0 heterocycles. The summed E-state index contributed by atoms with van der Waals surface area (Å²) in [4.78, 5) is 0. The van der Waals surface area contributed by atoms with Gasteiger partial charge in [-0.25, -0.2) is 0 Å². The van der Waals surface area contributed by atoms with Gasteiger partial charge in [0.1, 0.15) is 10.8 Å². The zero-order valence-corrected chi connectivity index (χ0v) is 18.1. The van der Waals surface area contributed by atoms with Crippen LogP contribution in [-0.2, 0) is 14.9 Å². The topological polar surface area (TPSA) is 94.8 Å². The molecule has 3 rings (SSSR count). The van der Waals surface area contributed by atoms with Crippen molar-refractivity contribution in [1.29, 1.82) is 0 Å². The minimum absolute atomic E-state index is 0.00521. The molecule has 0 spiro atoms. The van der Waals surface area contributed by atoms with Gasteiger partial charge in [-0.15, -0.1) is 0 Å². The Kier molecular flexibility index (Phi) is 5.98. The molecule has 0 aromatic heterocycles. The first kappa shape index (κ1) is 22.0. The highest BCUT2D eigenvalue weighted by molar-refractivity contribution is 7.87. The minimum atomic E-state index is -5.04. The van der Waals surface area contributed by atoms with Crippen LogP contribution < -0.4 is 0 Å². The van der Waals surface area contributed by atoms with E-state index >= 15 is 0 Å². The van der Waals surface area contributed by atoms with E-state index in [9.17, 15) is 23.2 Å². The lowest BCUT2D eigenvalue weighted by atomic mass is 9.83. The van der Waals surface area contributed by atoms with Gasteiger partial charge >= 0.3 is 0 Å². The number of hydrogen-bond donors (Lipinski definition) is 3. The molecule has 0 aliphatic carbocycles. The van der Waals surface area contributed by atoms with Gasteiger partial charge in [-0.2, -0.15) is 8.42 Å². The summed E-state index contributed by atoms with van der Waals surface area (Å²) >= 11 is 24.8. The average molecular weight is 494 g/mol. The highest BCUT2D eigenvalue weighted by Gasteiger charge is 2.51. The van der Waals surface area contributed by atoms with E-state index in [4.69, 9.17) is 46.4 Å². The second kappa shape index (κ2) is 7.87. The molecule has 0 amide bonds. The molecule has 152 valence electrons. The highest BCUT2D eigenvalue weighted by Crippen LogP contribution is 2.52. The van der Waals surface area contributed by atoms with Crippen molar-refractivity contribution in [2.24, 2.45) is 0 Å². The average Bonchev–Trinajstić information content (AvgIpc) is 2.66. The van der Waals surface area contributed by atoms with Gasteiger partial charge in [-0.1, -0.05) is 76.7 Å². The number of aromatic hydroxyl groups is 2. The first-order valence-electron chi connectivity index (χ1n) is 7.90. The Morgan fingerprint density at radius 3 is 1.90 bits per heavy atom. The van der Waals surface area contributed by atoms with Crippen molar-refractivity contribution in [3.05, 3.63) is 91.4 Å². The Hall–Kier alpha value is -1.67. The van der Waals surface area contributed by atoms with Gasteiger partial charge in [0, 0.05) is 16.1 Å². The van der Waals surface area contributed by atoms with E-state index in [1.54, 1.807) is 6.07 Å². The second-order valence-electron chi connectivity index (χ2n) is 6.07. The summed E-state index contributed by atoms with van der Waals surface area (Å²) in [5.74, 6) is -0.679. The zero-order valence-electron chi connectivity index (χ0n) is 14.3. The van der Waals surface area contributed by atoms with Crippen molar-refractivity contribution >= 4 is 56.5 Å². The summed E-state index contributed by atoms with van der Waals surface area (Å²) in [5.41, 5.74) is -0.256. The van der Waals surface area contributed by atoms with Gasteiger partial charge in [-0.3, -0.25) is 4.55 Å². The standard InChI is InChI=1S/C19H12Cl4O5S/c20-14-4-2-1-3-12(14)19(29(26,27)28,10-5-7-11(24)8-6-10)13-9-15(21)18(25)17(23)16(13)22/h1-9,24-25H,(H,26,27,28). The summed E-state index contributed by atoms with van der Waals surface area (Å²) in [7, 11) is -5.04. The quantitative estimate of drug-likeness (QED) is 0.239. The van der Waals surface area contributed by atoms with Crippen LogP contribution in [0.1, 0.15) is 16.7 Å². The highest BCUT2D eigenvalue weighted by atomic mass is 35.5. The van der Waals surface area contributed by atoms with Gasteiger partial charge in [-0.05, 0) is 29.8 Å². The summed E-state index contributed by atoms with van der Waals surface area (Å²) in [6.07, 6.45) is 0. The van der Waals surface area contributed by atoms with Gasteiger partial charge in [0.05, 0.1) is 10.0 Å². The fourth-order valence-electron chi connectivity index (χ4n) is 3.17. The number of phenols is 2. The third kappa shape index (κ3) is 3.54. The molecule has 0 saturated heterocycles. The molecule has 3 aromatic rings. The van der Waals surface area contributed by atoms with E-state index in [1.807, 2.05) is 0 Å². The van der Waals surface area contributed by atoms with Crippen LogP contribution >= 0.6 is 46.4 Å². The molecular weight excluding hydrogens is 482 g/mol. The molecule has 5 nitrogen and oxygen atoms in total. The molecule has 0 bridgehead atoms. The third-order valence-corrected chi connectivity index (χ3v) is 7.35. The van der Waals surface area contributed by atoms with Gasteiger partial charge in [0.2, 0.25) is 0 Å². The lowest BCUT2D eigenvalue weighted by Gasteiger charge is -2.34. The van der Waals surface area contributed by atoms with Crippen LogP contribution in [0.2, 0.25) is 20.1 Å². The summed E-state index contributed by atoms with van der Waals surface area (Å²) < 4.78 is 34.1. The van der Waals surface area contributed by atoms with E-state index in [0.29, 0.717) is 0 Å². The first-order chi connectivity index (χ1) is 13.5. The molecule has 0 aliphatic heterocycles. The van der Waals surface area contributed by atoms with Crippen LogP contribution in [-0.4, -0.2) is 23.2 Å². The number of rotatable bonds is 4. The van der Waals surface area contributed by atoms with Crippen molar-refractivity contribution in [2.45, 2.75) is 4.75 Å². The number of hydrogen-bond acceptors (Lipinski definition) is 4. The van der Waals surface area contributed by atoms with Crippen molar-refractivity contribution < 1.29 is 23.2 Å². The predicted molar refractivity (Wildman–Crippen MR) is 114 cm³/mol. The summed E-state index contributed by atoms with van der Waals surface area (Å²) in [5, 5.41) is 18.6. The van der Waals surface area contributed by atoms with E-state index < -0.39 is 25.6 Å². The zero-order chi connectivity index (χ0) is 21.6. The molecule has 1 atom stereocenters. The monoisotopic (exact) mass is 492 g/mol. The Labute approximate surface area is 186 Å². The molecule has 29 heavy (non-hydrogen) atoms. The van der Waals surface area contributed by atoms with Crippen LogP contribution in [0.3, 0.4) is 0 Å². The van der Waals surface area contributed by atoms with Crippen LogP contribution in [0.4, 0.5) is 0 Å². The van der Waals surface area contributed by atoms with Crippen LogP contribution in [0, 0.1) is 0 Å². The first-order valence-corrected chi connectivity index (χ1v) is 10.9. The summed E-state index contributed by atoms with van der Waals surface area (Å²) in [6.45, 7) is 0. The van der Waals surface area contributed by atoms with Crippen molar-refractivity contribution in [3.8, 4) is 11.5 Å². The van der Waals surface area contributed by atoms with Gasteiger partial charge < -0.3 is 10.2 Å². The van der Waals surface area contributed by atoms with E-state index in [-0.39, 0.29) is 37.5 Å². The number of benzene rings is 3. The Morgan fingerprint density at radius 2 is 1.34 bits per heavy atom. The summed E-state index contributed by atoms with van der Waals surface area (Å²) in [6, 6.07) is 12.1. The number of phenolic OH excluding ortho intramolecular Hbond substituents is 2. The van der Waals surface area contributed by atoms with Gasteiger partial charge in [0.15, 0.2) is 10.5 Å². The Bertz CT molecular complexity index is 1200. The molecule has 3 N–H and O–H groups in total. The van der Waals surface area contributed by atoms with Crippen LogP contribution in [0.25, 0.3) is 0 Å². The van der Waals surface area contributed by atoms with Gasteiger partial charge in [0.25, 0.3) is 10.1 Å². The van der Waals surface area contributed by atoms with E-state index in [2.05, 4.69) is 0 Å². The molecule has 3 aromatic carbocycles. The van der Waals surface area contributed by atoms with Crippen molar-refractivity contribution in [2.75, 3.05) is 0 Å². The SMILES string of the molecule is O=S(=O)(O)C(c1ccc(O)cc1)(c1ccccc1Cl)c1cc(Cl)c(O)c(Cl)c1Cl. The molecule has 0 radical (unpaired) electrons. The largest absolute Gasteiger partial charge is 0.508 e. The predicted octanol–water partition coefficient (Wildman–Crippen LogP) is 5.89. The molecule has 0 saturated carbocycles. The molecule has 0 aliphatic rings. The van der Waals surface area contributed by atoms with E-state index in [0.717, 1.165) is 6.07 Å². The molecule has 1 unspecified atom stereocenters. The molecule has 0 fully saturated rings. The third-order valence-electron chi connectivity index (χ3n) is 4.43. The maximum absolute atomic E-state index is 13.0. The van der Waals surface area contributed by atoms with Crippen LogP contribution in [0.5, 0.6) is 11.5 Å². The van der Waals surface area contributed by atoms with E-state index in [1.165, 1.54) is 42.5 Å². The Balaban J connectivity index is 2.62. The second-order valence-corrected chi connectivity index (χ2v) is 9.20. The van der Waals surface area contributed by atoms with Crippen molar-refractivity contribution in [1.82, 2.24) is 0 Å². The minimum Gasteiger partial charge on any atom is -0.508 e. The smallest absolute Gasteiger partial charge is 0.283 e. The molecular formula is C19H12Cl4O5S. The number of halogens is 4. The van der Waals surface area contributed by atoms with Crippen LogP contribution in [0.15, 0.2) is 54.6 Å².